The Hall–Kier alpha value is -1.79. The van der Waals surface area contributed by atoms with Crippen LogP contribution in [-0.4, -0.2) is 35.3 Å². The summed E-state index contributed by atoms with van der Waals surface area (Å²) in [6, 6.07) is 2.66. The largest absolute Gasteiger partial charge is 0.480 e. The van der Waals surface area contributed by atoms with Crippen molar-refractivity contribution in [2.45, 2.75) is 6.18 Å². The minimum Gasteiger partial charge on any atom is -0.480 e. The number of nitrogens with zero attached hydrogens (tertiary/aromatic N) is 2. The molecule has 0 amide bonds. The lowest BCUT2D eigenvalue weighted by atomic mass is 10.3. The van der Waals surface area contributed by atoms with E-state index in [1.54, 1.807) is 0 Å². The van der Waals surface area contributed by atoms with Crippen LogP contribution >= 0.6 is 0 Å². The molecule has 7 heteroatoms. The highest BCUT2D eigenvalue weighted by Gasteiger charge is 2.31. The highest BCUT2D eigenvalue weighted by molar-refractivity contribution is 5.73. The molecule has 0 aliphatic carbocycles. The predicted molar refractivity (Wildman–Crippen MR) is 50.1 cm³/mol. The van der Waals surface area contributed by atoms with Gasteiger partial charge in [-0.05, 0) is 12.1 Å². The summed E-state index contributed by atoms with van der Waals surface area (Å²) in [5.41, 5.74) is 0.176. The number of hydrogen-bond acceptors (Lipinski definition) is 3. The number of carbonyl (C=O) groups is 1. The Morgan fingerprint density at radius 2 is 1.94 bits per heavy atom. The molecule has 0 saturated carbocycles. The van der Waals surface area contributed by atoms with Crippen LogP contribution in [0.3, 0.4) is 0 Å². The average Bonchev–Trinajstić information content (AvgIpc) is 2.15. The monoisotopic (exact) mass is 234 g/mol. The van der Waals surface area contributed by atoms with Crippen molar-refractivity contribution in [1.82, 2.24) is 4.98 Å². The van der Waals surface area contributed by atoms with Gasteiger partial charge < -0.3 is 10.0 Å². The van der Waals surface area contributed by atoms with Crippen molar-refractivity contribution < 1.29 is 23.1 Å². The normalized spacial score (nSPS) is 11.2. The molecular weight excluding hydrogens is 225 g/mol. The van der Waals surface area contributed by atoms with Gasteiger partial charge in [-0.2, -0.15) is 13.2 Å². The van der Waals surface area contributed by atoms with E-state index in [1.165, 1.54) is 24.5 Å². The predicted octanol–water partition coefficient (Wildman–Crippen LogP) is 1.53. The van der Waals surface area contributed by atoms with E-state index in [4.69, 9.17) is 5.11 Å². The number of pyridine rings is 1. The molecule has 1 aromatic rings. The van der Waals surface area contributed by atoms with Gasteiger partial charge in [-0.25, -0.2) is 0 Å². The number of carboxylic acid groups (broad SMARTS) is 1. The van der Waals surface area contributed by atoms with E-state index in [0.717, 1.165) is 4.90 Å². The van der Waals surface area contributed by atoms with Crippen molar-refractivity contribution >= 4 is 11.7 Å². The Kier molecular flexibility index (Phi) is 3.70. The van der Waals surface area contributed by atoms with E-state index >= 15 is 0 Å². The first-order chi connectivity index (χ1) is 7.38. The van der Waals surface area contributed by atoms with Gasteiger partial charge in [-0.1, -0.05) is 0 Å². The number of aliphatic carboxylic acids is 1. The Balaban J connectivity index is 2.84. The molecule has 0 aliphatic rings. The molecule has 1 rings (SSSR count). The van der Waals surface area contributed by atoms with Crippen molar-refractivity contribution in [3.05, 3.63) is 24.5 Å². The minimum absolute atomic E-state index is 0.176. The summed E-state index contributed by atoms with van der Waals surface area (Å²) in [6.45, 7) is -2.01. The second-order valence-corrected chi connectivity index (χ2v) is 3.07. The topological polar surface area (TPSA) is 53.4 Å². The fraction of sp³-hybridized carbons (Fsp3) is 0.333. The molecule has 1 aromatic heterocycles. The third-order valence-electron chi connectivity index (χ3n) is 1.72. The smallest absolute Gasteiger partial charge is 0.405 e. The molecule has 0 fully saturated rings. The summed E-state index contributed by atoms with van der Waals surface area (Å²) < 4.78 is 36.6. The van der Waals surface area contributed by atoms with Crippen LogP contribution < -0.4 is 4.90 Å². The Labute approximate surface area is 89.3 Å². The summed E-state index contributed by atoms with van der Waals surface area (Å²) in [7, 11) is 0. The zero-order valence-corrected chi connectivity index (χ0v) is 8.11. The number of hydrogen-bond donors (Lipinski definition) is 1. The molecule has 4 nitrogen and oxygen atoms in total. The molecule has 0 saturated heterocycles. The molecule has 0 bridgehead atoms. The van der Waals surface area contributed by atoms with Crippen LogP contribution in [0.5, 0.6) is 0 Å². The molecule has 0 atom stereocenters. The third kappa shape index (κ3) is 4.16. The van der Waals surface area contributed by atoms with Crippen LogP contribution in [0.1, 0.15) is 0 Å². The lowest BCUT2D eigenvalue weighted by Gasteiger charge is -2.23. The minimum atomic E-state index is -4.45. The van der Waals surface area contributed by atoms with Crippen molar-refractivity contribution in [2.24, 2.45) is 0 Å². The maximum atomic E-state index is 12.2. The molecule has 1 heterocycles. The van der Waals surface area contributed by atoms with E-state index in [-0.39, 0.29) is 5.69 Å². The second-order valence-electron chi connectivity index (χ2n) is 3.07. The number of rotatable bonds is 4. The van der Waals surface area contributed by atoms with Crippen LogP contribution in [0.25, 0.3) is 0 Å². The lowest BCUT2D eigenvalue weighted by molar-refractivity contribution is -0.136. The second kappa shape index (κ2) is 4.82. The number of aromatic nitrogens is 1. The number of alkyl halides is 3. The van der Waals surface area contributed by atoms with Gasteiger partial charge in [0.1, 0.15) is 13.1 Å². The van der Waals surface area contributed by atoms with Gasteiger partial charge in [0.2, 0.25) is 0 Å². The molecule has 0 aromatic carbocycles. The Morgan fingerprint density at radius 1 is 1.38 bits per heavy atom. The van der Waals surface area contributed by atoms with Crippen molar-refractivity contribution in [1.29, 1.82) is 0 Å². The van der Waals surface area contributed by atoms with Crippen LogP contribution in [0.15, 0.2) is 24.5 Å². The first-order valence-corrected chi connectivity index (χ1v) is 4.32. The van der Waals surface area contributed by atoms with Gasteiger partial charge in [0, 0.05) is 18.1 Å². The van der Waals surface area contributed by atoms with E-state index in [2.05, 4.69) is 4.98 Å². The van der Waals surface area contributed by atoms with Crippen LogP contribution in [0.4, 0.5) is 18.9 Å². The van der Waals surface area contributed by atoms with E-state index in [1.807, 2.05) is 0 Å². The molecule has 88 valence electrons. The van der Waals surface area contributed by atoms with Gasteiger partial charge in [0.15, 0.2) is 0 Å². The first kappa shape index (κ1) is 12.3. The van der Waals surface area contributed by atoms with Gasteiger partial charge in [0.25, 0.3) is 0 Å². The maximum absolute atomic E-state index is 12.2. The van der Waals surface area contributed by atoms with Gasteiger partial charge in [-0.3, -0.25) is 9.78 Å². The third-order valence-corrected chi connectivity index (χ3v) is 1.72. The van der Waals surface area contributed by atoms with Crippen LogP contribution in [0.2, 0.25) is 0 Å². The number of halogens is 3. The van der Waals surface area contributed by atoms with E-state index < -0.39 is 25.2 Å². The standard InChI is InChI=1S/C9H9F3N2O2/c10-9(11,12)6-14(5-8(15)16)7-1-3-13-4-2-7/h1-4H,5-6H2,(H,15,16). The summed E-state index contributed by atoms with van der Waals surface area (Å²) >= 11 is 0. The summed E-state index contributed by atoms with van der Waals surface area (Å²) in [6.07, 6.45) is -1.83. The van der Waals surface area contributed by atoms with Crippen molar-refractivity contribution in [2.75, 3.05) is 18.0 Å². The highest BCUT2D eigenvalue weighted by atomic mass is 19.4. The molecule has 0 spiro atoms. The molecule has 16 heavy (non-hydrogen) atoms. The van der Waals surface area contributed by atoms with Crippen LogP contribution in [0, 0.1) is 0 Å². The van der Waals surface area contributed by atoms with Gasteiger partial charge >= 0.3 is 12.1 Å². The van der Waals surface area contributed by atoms with Crippen molar-refractivity contribution in [3.63, 3.8) is 0 Å². The fourth-order valence-electron chi connectivity index (χ4n) is 1.17. The average molecular weight is 234 g/mol. The zero-order chi connectivity index (χ0) is 12.2. The maximum Gasteiger partial charge on any atom is 0.405 e. The number of anilines is 1. The van der Waals surface area contributed by atoms with E-state index in [9.17, 15) is 18.0 Å². The van der Waals surface area contributed by atoms with Gasteiger partial charge in [0.05, 0.1) is 0 Å². The first-order valence-electron chi connectivity index (χ1n) is 4.32. The summed E-state index contributed by atoms with van der Waals surface area (Å²) in [5.74, 6) is -1.32. The molecule has 0 unspecified atom stereocenters. The Bertz CT molecular complexity index is 354. The summed E-state index contributed by atoms with van der Waals surface area (Å²) in [5, 5.41) is 8.52. The highest BCUT2D eigenvalue weighted by Crippen LogP contribution is 2.21. The van der Waals surface area contributed by atoms with E-state index in [0.29, 0.717) is 0 Å². The molecule has 1 N–H and O–H groups in total. The summed E-state index contributed by atoms with van der Waals surface area (Å²) in [4.78, 5) is 14.8. The van der Waals surface area contributed by atoms with Gasteiger partial charge in [-0.15, -0.1) is 0 Å². The van der Waals surface area contributed by atoms with Crippen molar-refractivity contribution in [3.8, 4) is 0 Å². The van der Waals surface area contributed by atoms with Crippen LogP contribution in [-0.2, 0) is 4.79 Å². The molecule has 0 aliphatic heterocycles. The molecular formula is C9H9F3N2O2. The number of carboxylic acids is 1. The quantitative estimate of drug-likeness (QED) is 0.858. The fourth-order valence-corrected chi connectivity index (χ4v) is 1.17. The SMILES string of the molecule is O=C(O)CN(CC(F)(F)F)c1ccncc1. The Morgan fingerprint density at radius 3 is 2.38 bits per heavy atom. The zero-order valence-electron chi connectivity index (χ0n) is 8.11. The molecule has 0 radical (unpaired) electrons. The lowest BCUT2D eigenvalue weighted by Crippen LogP contribution is -2.37.